The maximum absolute atomic E-state index is 12.5. The number of hydrogen-bond donors (Lipinski definition) is 2. The van der Waals surface area contributed by atoms with E-state index in [4.69, 9.17) is 24.3 Å². The molecule has 0 saturated heterocycles. The van der Waals surface area contributed by atoms with Crippen molar-refractivity contribution >= 4 is 13.8 Å². The van der Waals surface area contributed by atoms with E-state index in [-0.39, 0.29) is 38.8 Å². The Hall–Kier alpha value is -1.80. The number of esters is 1. The molecule has 3 N–H and O–H groups in total. The van der Waals surface area contributed by atoms with E-state index < -0.39 is 13.9 Å². The zero-order valence-electron chi connectivity index (χ0n) is 31.2. The van der Waals surface area contributed by atoms with E-state index in [1.165, 1.54) is 51.4 Å². The number of rotatable bonds is 36. The monoisotopic (exact) mass is 710 g/mol. The van der Waals surface area contributed by atoms with Gasteiger partial charge in [0.25, 0.3) is 0 Å². The van der Waals surface area contributed by atoms with Crippen LogP contribution in [0.1, 0.15) is 149 Å². The molecule has 0 radical (unpaired) electrons. The van der Waals surface area contributed by atoms with Gasteiger partial charge >= 0.3 is 13.8 Å². The van der Waals surface area contributed by atoms with Crippen LogP contribution in [0.5, 0.6) is 0 Å². The number of allylic oxidation sites excluding steroid dienone is 10. The molecule has 0 saturated carbocycles. The zero-order chi connectivity index (χ0) is 35.9. The third-order valence-corrected chi connectivity index (χ3v) is 8.65. The molecule has 0 fully saturated rings. The van der Waals surface area contributed by atoms with Crippen LogP contribution in [0.2, 0.25) is 0 Å². The van der Waals surface area contributed by atoms with Gasteiger partial charge < -0.3 is 20.1 Å². The Morgan fingerprint density at radius 1 is 0.633 bits per heavy atom. The summed E-state index contributed by atoms with van der Waals surface area (Å²) >= 11 is 0. The summed E-state index contributed by atoms with van der Waals surface area (Å²) in [4.78, 5) is 22.4. The lowest BCUT2D eigenvalue weighted by Gasteiger charge is -2.20. The molecule has 0 bridgehead atoms. The third-order valence-electron chi connectivity index (χ3n) is 7.67. The molecule has 9 heteroatoms. The lowest BCUT2D eigenvalue weighted by Crippen LogP contribution is -2.28. The normalized spacial score (nSPS) is 14.3. The first kappa shape index (κ1) is 47.2. The van der Waals surface area contributed by atoms with Crippen LogP contribution in [0.25, 0.3) is 0 Å². The Labute approximate surface area is 300 Å². The molecule has 8 nitrogen and oxygen atoms in total. The smallest absolute Gasteiger partial charge is 0.457 e. The number of carbonyl (C=O) groups excluding carboxylic acids is 1. The minimum Gasteiger partial charge on any atom is -0.457 e. The standard InChI is InChI=1S/C40H72NO7P/c1-3-5-7-9-11-13-15-17-18-19-20-22-24-26-28-30-32-35-45-37-39(38-47-49(43,44)46-36-34-41)48-40(42)33-31-29-27-25-23-21-16-14-12-10-8-6-4-2/h6,8,12-15,18-19,21,23,39H,3-5,7,9-11,16-17,20,22,24-38,41H2,1-2H3,(H,43,44)/b8-6-,14-12-,15-13-,19-18-,23-21-. The first-order valence-electron chi connectivity index (χ1n) is 19.3. The van der Waals surface area contributed by atoms with Crippen molar-refractivity contribution in [2.45, 2.75) is 155 Å². The first-order valence-corrected chi connectivity index (χ1v) is 20.8. The summed E-state index contributed by atoms with van der Waals surface area (Å²) in [5.41, 5.74) is 5.35. The summed E-state index contributed by atoms with van der Waals surface area (Å²) in [5.74, 6) is -0.366. The second kappa shape index (κ2) is 37.5. The Balaban J connectivity index is 4.15. The van der Waals surface area contributed by atoms with Crippen molar-refractivity contribution in [2.75, 3.05) is 33.0 Å². The van der Waals surface area contributed by atoms with E-state index in [1.54, 1.807) is 0 Å². The summed E-state index contributed by atoms with van der Waals surface area (Å²) in [5, 5.41) is 0. The maximum Gasteiger partial charge on any atom is 0.472 e. The average Bonchev–Trinajstić information content (AvgIpc) is 3.09. The van der Waals surface area contributed by atoms with Crippen LogP contribution in [0.3, 0.4) is 0 Å². The van der Waals surface area contributed by atoms with E-state index in [0.717, 1.165) is 77.0 Å². The fraction of sp³-hybridized carbons (Fsp3) is 0.725. The van der Waals surface area contributed by atoms with Gasteiger partial charge in [0.1, 0.15) is 6.10 Å². The van der Waals surface area contributed by atoms with E-state index in [9.17, 15) is 14.3 Å². The summed E-state index contributed by atoms with van der Waals surface area (Å²) in [6.07, 6.45) is 43.8. The Kier molecular flexibility index (Phi) is 36.1. The molecule has 0 aliphatic heterocycles. The highest BCUT2D eigenvalue weighted by Gasteiger charge is 2.25. The van der Waals surface area contributed by atoms with E-state index in [2.05, 4.69) is 74.6 Å². The third kappa shape index (κ3) is 37.3. The number of phosphoric acid groups is 1. The molecule has 0 aliphatic carbocycles. The van der Waals surface area contributed by atoms with Gasteiger partial charge in [0.2, 0.25) is 0 Å². The van der Waals surface area contributed by atoms with Crippen molar-refractivity contribution in [3.63, 3.8) is 0 Å². The van der Waals surface area contributed by atoms with Gasteiger partial charge in [0.05, 0.1) is 19.8 Å². The predicted molar refractivity (Wildman–Crippen MR) is 205 cm³/mol. The SMILES string of the molecule is CC/C=C\C/C=C\C/C=C\CCCCCC(=O)OC(COCCCCCCCC/C=C\C/C=C\CCCCCC)COP(=O)(O)OCCN. The number of phosphoric ester groups is 1. The second-order valence-electron chi connectivity index (χ2n) is 12.4. The highest BCUT2D eigenvalue weighted by atomic mass is 31.2. The van der Waals surface area contributed by atoms with Gasteiger partial charge in [-0.05, 0) is 77.0 Å². The lowest BCUT2D eigenvalue weighted by atomic mass is 10.1. The van der Waals surface area contributed by atoms with E-state index in [0.29, 0.717) is 6.61 Å². The molecule has 2 atom stereocenters. The van der Waals surface area contributed by atoms with E-state index >= 15 is 0 Å². The van der Waals surface area contributed by atoms with Crippen LogP contribution in [0, 0.1) is 0 Å². The highest BCUT2D eigenvalue weighted by molar-refractivity contribution is 7.47. The summed E-state index contributed by atoms with van der Waals surface area (Å²) in [6, 6.07) is 0. The van der Waals surface area contributed by atoms with Crippen molar-refractivity contribution in [2.24, 2.45) is 5.73 Å². The molecule has 0 aliphatic rings. The van der Waals surface area contributed by atoms with Gasteiger partial charge in [-0.2, -0.15) is 0 Å². The largest absolute Gasteiger partial charge is 0.472 e. The van der Waals surface area contributed by atoms with Gasteiger partial charge in [-0.3, -0.25) is 13.8 Å². The van der Waals surface area contributed by atoms with Crippen molar-refractivity contribution in [3.8, 4) is 0 Å². The Morgan fingerprint density at radius 3 is 1.71 bits per heavy atom. The van der Waals surface area contributed by atoms with Gasteiger partial charge in [-0.15, -0.1) is 0 Å². The topological polar surface area (TPSA) is 117 Å². The molecule has 0 amide bonds. The summed E-state index contributed by atoms with van der Waals surface area (Å²) < 4.78 is 33.3. The van der Waals surface area contributed by atoms with Crippen LogP contribution in [-0.2, 0) is 27.9 Å². The fourth-order valence-corrected chi connectivity index (χ4v) is 5.63. The number of ether oxygens (including phenoxy) is 2. The van der Waals surface area contributed by atoms with Crippen molar-refractivity contribution in [1.82, 2.24) is 0 Å². The van der Waals surface area contributed by atoms with Crippen LogP contribution < -0.4 is 5.73 Å². The van der Waals surface area contributed by atoms with Crippen molar-refractivity contribution in [3.05, 3.63) is 60.8 Å². The lowest BCUT2D eigenvalue weighted by molar-refractivity contribution is -0.154. The molecule has 0 rings (SSSR count). The van der Waals surface area contributed by atoms with Crippen LogP contribution in [-0.4, -0.2) is 49.9 Å². The van der Waals surface area contributed by atoms with Gasteiger partial charge in [0, 0.05) is 19.6 Å². The van der Waals surface area contributed by atoms with Crippen LogP contribution in [0.15, 0.2) is 60.8 Å². The average molecular weight is 710 g/mol. The molecule has 49 heavy (non-hydrogen) atoms. The Bertz CT molecular complexity index is 932. The minimum atomic E-state index is -4.28. The molecule has 0 spiro atoms. The fourth-order valence-electron chi connectivity index (χ4n) is 4.86. The van der Waals surface area contributed by atoms with Gasteiger partial charge in [-0.1, -0.05) is 126 Å². The quantitative estimate of drug-likeness (QED) is 0.0286. The predicted octanol–water partition coefficient (Wildman–Crippen LogP) is 11.0. The van der Waals surface area contributed by atoms with Crippen molar-refractivity contribution in [1.29, 1.82) is 0 Å². The molecule has 0 heterocycles. The zero-order valence-corrected chi connectivity index (χ0v) is 32.1. The molecule has 0 aromatic heterocycles. The molecule has 0 aromatic rings. The van der Waals surface area contributed by atoms with Crippen LogP contribution in [0.4, 0.5) is 0 Å². The van der Waals surface area contributed by atoms with Crippen molar-refractivity contribution < 1.29 is 32.8 Å². The van der Waals surface area contributed by atoms with E-state index in [1.807, 2.05) is 0 Å². The molecular weight excluding hydrogens is 637 g/mol. The summed E-state index contributed by atoms with van der Waals surface area (Å²) in [6.45, 7) is 4.70. The number of nitrogens with two attached hydrogens (primary N) is 1. The number of carbonyl (C=O) groups is 1. The minimum absolute atomic E-state index is 0.0907. The maximum atomic E-state index is 12.5. The number of unbranched alkanes of at least 4 members (excludes halogenated alkanes) is 13. The first-order chi connectivity index (χ1) is 23.9. The molecular formula is C40H72NO7P. The molecule has 284 valence electrons. The summed E-state index contributed by atoms with van der Waals surface area (Å²) in [7, 11) is -4.28. The number of hydrogen-bond acceptors (Lipinski definition) is 7. The Morgan fingerprint density at radius 2 is 1.14 bits per heavy atom. The van der Waals surface area contributed by atoms with Crippen LogP contribution >= 0.6 is 7.82 Å². The molecule has 0 aromatic carbocycles. The molecule has 2 unspecified atom stereocenters. The highest BCUT2D eigenvalue weighted by Crippen LogP contribution is 2.43. The van der Waals surface area contributed by atoms with Gasteiger partial charge in [-0.25, -0.2) is 4.57 Å². The second-order valence-corrected chi connectivity index (χ2v) is 13.9. The van der Waals surface area contributed by atoms with Gasteiger partial charge in [0.15, 0.2) is 0 Å².